The number of para-hydroxylation sites is 1. The molecule has 0 atom stereocenters. The molecule has 26 heavy (non-hydrogen) atoms. The average molecular weight is 359 g/mol. The molecule has 0 saturated carbocycles. The molecular formula is C18H15F2N3O3. The second-order valence-corrected chi connectivity index (χ2v) is 5.55. The van der Waals surface area contributed by atoms with Crippen LogP contribution in [0.1, 0.15) is 5.56 Å². The number of halogens is 2. The third-order valence-electron chi connectivity index (χ3n) is 3.81. The molecule has 8 heteroatoms. The Morgan fingerprint density at radius 3 is 2.85 bits per heavy atom. The Kier molecular flexibility index (Phi) is 5.21. The molecule has 2 amide bonds. The monoisotopic (exact) mass is 359 g/mol. The van der Waals surface area contributed by atoms with E-state index in [1.807, 2.05) is 24.3 Å². The number of benzene rings is 2. The molecule has 0 aromatic heterocycles. The summed E-state index contributed by atoms with van der Waals surface area (Å²) in [6.07, 6.45) is 1.55. The summed E-state index contributed by atoms with van der Waals surface area (Å²) in [6, 6.07) is 10.3. The van der Waals surface area contributed by atoms with Crippen LogP contribution in [0.25, 0.3) is 0 Å². The Labute approximate surface area is 148 Å². The van der Waals surface area contributed by atoms with E-state index < -0.39 is 17.5 Å². The lowest BCUT2D eigenvalue weighted by Crippen LogP contribution is -2.31. The van der Waals surface area contributed by atoms with E-state index in [9.17, 15) is 18.4 Å². The quantitative estimate of drug-likeness (QED) is 0.659. The standard InChI is InChI=1S/C18H15F2N3O3/c19-13-5-6-15(14(20)9-13)22-17(24)10-21-26-11-18(25)23-8-7-12-3-1-2-4-16(12)23/h1-6,9-10H,7-8,11H2,(H,22,24)/b21-10+. The fourth-order valence-electron chi connectivity index (χ4n) is 2.61. The first kappa shape index (κ1) is 17.5. The second-order valence-electron chi connectivity index (χ2n) is 5.55. The highest BCUT2D eigenvalue weighted by molar-refractivity contribution is 6.31. The predicted octanol–water partition coefficient (Wildman–Crippen LogP) is 2.50. The van der Waals surface area contributed by atoms with Crippen molar-refractivity contribution in [2.24, 2.45) is 5.16 Å². The number of carbonyl (C=O) groups excluding carboxylic acids is 2. The van der Waals surface area contributed by atoms with Gasteiger partial charge < -0.3 is 15.1 Å². The van der Waals surface area contributed by atoms with Crippen molar-refractivity contribution in [3.8, 4) is 0 Å². The first-order valence-electron chi connectivity index (χ1n) is 7.84. The highest BCUT2D eigenvalue weighted by Crippen LogP contribution is 2.27. The van der Waals surface area contributed by atoms with E-state index in [1.54, 1.807) is 4.90 Å². The smallest absolute Gasteiger partial charge is 0.270 e. The zero-order chi connectivity index (χ0) is 18.5. The number of anilines is 2. The van der Waals surface area contributed by atoms with Gasteiger partial charge in [0.25, 0.3) is 11.8 Å². The lowest BCUT2D eigenvalue weighted by Gasteiger charge is -2.16. The number of nitrogens with zero attached hydrogens (tertiary/aromatic N) is 2. The molecule has 0 spiro atoms. The maximum absolute atomic E-state index is 13.4. The molecule has 0 radical (unpaired) electrons. The lowest BCUT2D eigenvalue weighted by molar-refractivity contribution is -0.123. The van der Waals surface area contributed by atoms with Crippen LogP contribution < -0.4 is 10.2 Å². The summed E-state index contributed by atoms with van der Waals surface area (Å²) < 4.78 is 26.2. The number of carbonyl (C=O) groups is 2. The van der Waals surface area contributed by atoms with E-state index in [-0.39, 0.29) is 18.2 Å². The van der Waals surface area contributed by atoms with Gasteiger partial charge in [0.15, 0.2) is 6.61 Å². The van der Waals surface area contributed by atoms with E-state index in [0.29, 0.717) is 12.6 Å². The maximum atomic E-state index is 13.4. The molecular weight excluding hydrogens is 344 g/mol. The fourth-order valence-corrected chi connectivity index (χ4v) is 2.61. The third kappa shape index (κ3) is 4.02. The van der Waals surface area contributed by atoms with Gasteiger partial charge in [-0.15, -0.1) is 0 Å². The minimum Gasteiger partial charge on any atom is -0.385 e. The number of oxime groups is 1. The molecule has 0 fully saturated rings. The number of nitrogens with one attached hydrogen (secondary N) is 1. The summed E-state index contributed by atoms with van der Waals surface area (Å²) in [5, 5.41) is 5.59. The van der Waals surface area contributed by atoms with E-state index in [4.69, 9.17) is 4.84 Å². The van der Waals surface area contributed by atoms with Crippen LogP contribution in [-0.2, 0) is 20.8 Å². The van der Waals surface area contributed by atoms with Crippen molar-refractivity contribution < 1.29 is 23.2 Å². The van der Waals surface area contributed by atoms with Crippen LogP contribution in [-0.4, -0.2) is 31.2 Å². The normalized spacial score (nSPS) is 12.9. The molecule has 2 aromatic carbocycles. The Morgan fingerprint density at radius 2 is 2.04 bits per heavy atom. The Hall–Kier alpha value is -3.29. The van der Waals surface area contributed by atoms with Gasteiger partial charge in [-0.2, -0.15) is 0 Å². The van der Waals surface area contributed by atoms with Crippen LogP contribution >= 0.6 is 0 Å². The van der Waals surface area contributed by atoms with Gasteiger partial charge in [-0.3, -0.25) is 9.59 Å². The molecule has 134 valence electrons. The SMILES string of the molecule is O=C(/C=N/OCC(=O)N1CCc2ccccc21)Nc1ccc(F)cc1F. The zero-order valence-electron chi connectivity index (χ0n) is 13.6. The van der Waals surface area contributed by atoms with Crippen molar-refractivity contribution in [1.29, 1.82) is 0 Å². The van der Waals surface area contributed by atoms with Crippen LogP contribution in [0.15, 0.2) is 47.6 Å². The number of hydrogen-bond donors (Lipinski definition) is 1. The summed E-state index contributed by atoms with van der Waals surface area (Å²) in [5.41, 5.74) is 1.74. The van der Waals surface area contributed by atoms with Crippen molar-refractivity contribution in [2.75, 3.05) is 23.4 Å². The predicted molar refractivity (Wildman–Crippen MR) is 91.9 cm³/mol. The molecule has 1 aliphatic rings. The first-order valence-corrected chi connectivity index (χ1v) is 7.84. The minimum absolute atomic E-state index is 0.187. The molecule has 0 saturated heterocycles. The van der Waals surface area contributed by atoms with Crippen LogP contribution in [0.2, 0.25) is 0 Å². The fraction of sp³-hybridized carbons (Fsp3) is 0.167. The molecule has 1 N–H and O–H groups in total. The number of amides is 2. The number of fused-ring (bicyclic) bond motifs is 1. The molecule has 2 aromatic rings. The molecule has 3 rings (SSSR count). The largest absolute Gasteiger partial charge is 0.385 e. The van der Waals surface area contributed by atoms with E-state index >= 15 is 0 Å². The van der Waals surface area contributed by atoms with Crippen molar-refractivity contribution in [1.82, 2.24) is 0 Å². The van der Waals surface area contributed by atoms with E-state index in [2.05, 4.69) is 10.5 Å². The van der Waals surface area contributed by atoms with E-state index in [1.165, 1.54) is 0 Å². The number of hydrogen-bond acceptors (Lipinski definition) is 4. The highest BCUT2D eigenvalue weighted by Gasteiger charge is 2.24. The van der Waals surface area contributed by atoms with Gasteiger partial charge in [-0.25, -0.2) is 8.78 Å². The van der Waals surface area contributed by atoms with E-state index in [0.717, 1.165) is 36.0 Å². The summed E-state index contributed by atoms with van der Waals surface area (Å²) in [7, 11) is 0. The van der Waals surface area contributed by atoms with Crippen molar-refractivity contribution in [3.05, 3.63) is 59.7 Å². The topological polar surface area (TPSA) is 71.0 Å². The second kappa shape index (κ2) is 7.73. The summed E-state index contributed by atoms with van der Waals surface area (Å²) in [5.74, 6) is -2.71. The van der Waals surface area contributed by atoms with Crippen LogP contribution in [0.4, 0.5) is 20.2 Å². The third-order valence-corrected chi connectivity index (χ3v) is 3.81. The summed E-state index contributed by atoms with van der Waals surface area (Å²) in [6.45, 7) is 0.235. The summed E-state index contributed by atoms with van der Waals surface area (Å²) in [4.78, 5) is 30.2. The average Bonchev–Trinajstić information content (AvgIpc) is 3.05. The van der Waals surface area contributed by atoms with Crippen molar-refractivity contribution in [3.63, 3.8) is 0 Å². The highest BCUT2D eigenvalue weighted by atomic mass is 19.1. The summed E-state index contributed by atoms with van der Waals surface area (Å²) >= 11 is 0. The van der Waals surface area contributed by atoms with Crippen LogP contribution in [0, 0.1) is 11.6 Å². The van der Waals surface area contributed by atoms with Crippen LogP contribution in [0.5, 0.6) is 0 Å². The maximum Gasteiger partial charge on any atom is 0.270 e. The van der Waals surface area contributed by atoms with Crippen molar-refractivity contribution in [2.45, 2.75) is 6.42 Å². The van der Waals surface area contributed by atoms with Gasteiger partial charge in [0.05, 0.1) is 5.69 Å². The molecule has 0 unspecified atom stereocenters. The Balaban J connectivity index is 1.48. The lowest BCUT2D eigenvalue weighted by atomic mass is 10.2. The molecule has 0 aliphatic carbocycles. The minimum atomic E-state index is -0.907. The van der Waals surface area contributed by atoms with Gasteiger partial charge >= 0.3 is 0 Å². The number of rotatable bonds is 5. The Morgan fingerprint density at radius 1 is 1.23 bits per heavy atom. The zero-order valence-corrected chi connectivity index (χ0v) is 13.6. The van der Waals surface area contributed by atoms with Crippen LogP contribution in [0.3, 0.4) is 0 Å². The molecule has 0 bridgehead atoms. The molecule has 1 aliphatic heterocycles. The molecule has 1 heterocycles. The van der Waals surface area contributed by atoms with Gasteiger partial charge in [-0.05, 0) is 30.2 Å². The van der Waals surface area contributed by atoms with Gasteiger partial charge in [0.1, 0.15) is 17.8 Å². The first-order chi connectivity index (χ1) is 12.5. The van der Waals surface area contributed by atoms with Gasteiger partial charge in [0, 0.05) is 18.3 Å². The molecule has 6 nitrogen and oxygen atoms in total. The van der Waals surface area contributed by atoms with Gasteiger partial charge in [0.2, 0.25) is 0 Å². The van der Waals surface area contributed by atoms with Crippen molar-refractivity contribution >= 4 is 29.4 Å². The van der Waals surface area contributed by atoms with Gasteiger partial charge in [-0.1, -0.05) is 23.4 Å². The Bertz CT molecular complexity index is 871.